The van der Waals surface area contributed by atoms with Gasteiger partial charge in [0.2, 0.25) is 5.76 Å². The van der Waals surface area contributed by atoms with Crippen LogP contribution in [0.2, 0.25) is 0 Å². The van der Waals surface area contributed by atoms with Crippen LogP contribution < -0.4 is 0 Å². The summed E-state index contributed by atoms with van der Waals surface area (Å²) in [5.41, 5.74) is 0. The molecule has 0 aliphatic carbocycles. The van der Waals surface area contributed by atoms with E-state index in [-0.39, 0.29) is 5.76 Å². The maximum absolute atomic E-state index is 10.9. The zero-order chi connectivity index (χ0) is 9.56. The third kappa shape index (κ3) is 3.55. The van der Waals surface area contributed by atoms with Gasteiger partial charge in [-0.3, -0.25) is 4.79 Å². The molecule has 0 aliphatic rings. The standard InChI is InChI=1S/C8H10O4/c1-4-7(12-6(3)9)8(10)11-5-2/h4-5H,2H2,1,3H3. The average molecular weight is 170 g/mol. The molecule has 0 aliphatic heterocycles. The Bertz CT molecular complexity index is 227. The van der Waals surface area contributed by atoms with Gasteiger partial charge >= 0.3 is 11.9 Å². The van der Waals surface area contributed by atoms with Crippen LogP contribution in [-0.2, 0) is 19.1 Å². The van der Waals surface area contributed by atoms with E-state index in [1.807, 2.05) is 0 Å². The van der Waals surface area contributed by atoms with Gasteiger partial charge in [-0.2, -0.15) is 0 Å². The number of carbonyl (C=O) groups is 2. The van der Waals surface area contributed by atoms with Crippen LogP contribution in [-0.4, -0.2) is 11.9 Å². The maximum atomic E-state index is 10.9. The number of esters is 2. The summed E-state index contributed by atoms with van der Waals surface area (Å²) in [5, 5.41) is 0. The van der Waals surface area contributed by atoms with Gasteiger partial charge in [0.05, 0.1) is 6.26 Å². The van der Waals surface area contributed by atoms with Crippen molar-refractivity contribution >= 4 is 11.9 Å². The van der Waals surface area contributed by atoms with E-state index in [1.165, 1.54) is 13.0 Å². The fraction of sp³-hybridized carbons (Fsp3) is 0.250. The Morgan fingerprint density at radius 3 is 2.33 bits per heavy atom. The highest BCUT2D eigenvalue weighted by Gasteiger charge is 2.11. The lowest BCUT2D eigenvalue weighted by Crippen LogP contribution is -2.10. The van der Waals surface area contributed by atoms with Gasteiger partial charge in [-0.1, -0.05) is 6.58 Å². The fourth-order valence-electron chi connectivity index (χ4n) is 0.507. The molecule has 66 valence electrons. The van der Waals surface area contributed by atoms with Gasteiger partial charge in [-0.05, 0) is 13.0 Å². The number of ether oxygens (including phenoxy) is 2. The minimum atomic E-state index is -0.734. The topological polar surface area (TPSA) is 52.6 Å². The Labute approximate surface area is 70.5 Å². The van der Waals surface area contributed by atoms with Crippen molar-refractivity contribution < 1.29 is 19.1 Å². The average Bonchev–Trinajstić information content (AvgIpc) is 2.00. The molecule has 0 spiro atoms. The smallest absolute Gasteiger partial charge is 0.378 e. The first-order valence-corrected chi connectivity index (χ1v) is 3.28. The number of rotatable bonds is 3. The molecule has 0 atom stereocenters. The summed E-state index contributed by atoms with van der Waals surface area (Å²) < 4.78 is 8.89. The molecule has 0 aromatic rings. The quantitative estimate of drug-likeness (QED) is 0.362. The van der Waals surface area contributed by atoms with Crippen LogP contribution >= 0.6 is 0 Å². The second-order valence-corrected chi connectivity index (χ2v) is 1.82. The summed E-state index contributed by atoms with van der Waals surface area (Å²) in [6.45, 7) is 5.94. The van der Waals surface area contributed by atoms with Gasteiger partial charge in [0, 0.05) is 6.92 Å². The molecule has 0 saturated heterocycles. The molecule has 4 heteroatoms. The Morgan fingerprint density at radius 1 is 1.42 bits per heavy atom. The van der Waals surface area contributed by atoms with E-state index in [0.29, 0.717) is 0 Å². The Morgan fingerprint density at radius 2 is 2.00 bits per heavy atom. The van der Waals surface area contributed by atoms with Crippen LogP contribution in [0.3, 0.4) is 0 Å². The fourth-order valence-corrected chi connectivity index (χ4v) is 0.507. The molecule has 0 heterocycles. The van der Waals surface area contributed by atoms with Crippen molar-refractivity contribution in [3.63, 3.8) is 0 Å². The van der Waals surface area contributed by atoms with Gasteiger partial charge in [-0.25, -0.2) is 4.79 Å². The van der Waals surface area contributed by atoms with Gasteiger partial charge in [0.1, 0.15) is 0 Å². The SMILES string of the molecule is C=COC(=O)C(=CC)OC(C)=O. The lowest BCUT2D eigenvalue weighted by atomic mass is 10.4. The largest absolute Gasteiger partial charge is 0.429 e. The van der Waals surface area contributed by atoms with Crippen LogP contribution in [0, 0.1) is 0 Å². The van der Waals surface area contributed by atoms with E-state index in [9.17, 15) is 9.59 Å². The van der Waals surface area contributed by atoms with Crippen molar-refractivity contribution in [1.82, 2.24) is 0 Å². The van der Waals surface area contributed by atoms with Crippen LogP contribution in [0.25, 0.3) is 0 Å². The van der Waals surface area contributed by atoms with Gasteiger partial charge in [-0.15, -0.1) is 0 Å². The van der Waals surface area contributed by atoms with Crippen LogP contribution in [0.4, 0.5) is 0 Å². The van der Waals surface area contributed by atoms with Crippen molar-refractivity contribution in [1.29, 1.82) is 0 Å². The van der Waals surface area contributed by atoms with Crippen LogP contribution in [0.1, 0.15) is 13.8 Å². The summed E-state index contributed by atoms with van der Waals surface area (Å²) >= 11 is 0. The Hall–Kier alpha value is -1.58. The first-order chi connectivity index (χ1) is 5.61. The molecule has 0 bridgehead atoms. The number of allylic oxidation sites excluding steroid dienone is 1. The predicted octanol–water partition coefficient (Wildman–Crippen LogP) is 1.14. The molecule has 0 radical (unpaired) electrons. The number of hydrogen-bond donors (Lipinski definition) is 0. The summed E-state index contributed by atoms with van der Waals surface area (Å²) in [7, 11) is 0. The molecule has 0 rings (SSSR count). The summed E-state index contributed by atoms with van der Waals surface area (Å²) in [6.07, 6.45) is 2.31. The molecular weight excluding hydrogens is 160 g/mol. The van der Waals surface area contributed by atoms with Crippen molar-refractivity contribution in [3.05, 3.63) is 24.7 Å². The van der Waals surface area contributed by atoms with Crippen molar-refractivity contribution in [2.24, 2.45) is 0 Å². The minimum absolute atomic E-state index is 0.137. The second kappa shape index (κ2) is 5.12. The molecule has 0 aromatic carbocycles. The Balaban J connectivity index is 4.26. The highest BCUT2D eigenvalue weighted by molar-refractivity contribution is 5.89. The highest BCUT2D eigenvalue weighted by Crippen LogP contribution is 2.00. The van der Waals surface area contributed by atoms with Crippen LogP contribution in [0.5, 0.6) is 0 Å². The second-order valence-electron chi connectivity index (χ2n) is 1.82. The van der Waals surface area contributed by atoms with Gasteiger partial charge < -0.3 is 9.47 Å². The zero-order valence-electron chi connectivity index (χ0n) is 6.99. The molecule has 0 aromatic heterocycles. The third-order valence-corrected chi connectivity index (χ3v) is 0.907. The molecule has 12 heavy (non-hydrogen) atoms. The molecule has 0 unspecified atom stereocenters. The molecule has 0 N–H and O–H groups in total. The highest BCUT2D eigenvalue weighted by atomic mass is 16.6. The summed E-state index contributed by atoms with van der Waals surface area (Å²) in [4.78, 5) is 21.3. The predicted molar refractivity (Wildman–Crippen MR) is 41.8 cm³/mol. The molecule has 0 fully saturated rings. The van der Waals surface area contributed by atoms with Crippen LogP contribution in [0.15, 0.2) is 24.7 Å². The summed E-state index contributed by atoms with van der Waals surface area (Å²) in [5.74, 6) is -1.44. The normalized spacial score (nSPS) is 10.3. The van der Waals surface area contributed by atoms with Gasteiger partial charge in [0.25, 0.3) is 0 Å². The van der Waals surface area contributed by atoms with E-state index in [4.69, 9.17) is 0 Å². The number of hydrogen-bond acceptors (Lipinski definition) is 4. The minimum Gasteiger partial charge on any atom is -0.429 e. The third-order valence-electron chi connectivity index (χ3n) is 0.907. The van der Waals surface area contributed by atoms with E-state index in [2.05, 4.69) is 16.1 Å². The molecular formula is C8H10O4. The molecule has 0 saturated carbocycles. The van der Waals surface area contributed by atoms with Crippen molar-refractivity contribution in [2.45, 2.75) is 13.8 Å². The van der Waals surface area contributed by atoms with E-state index in [0.717, 1.165) is 6.26 Å². The van der Waals surface area contributed by atoms with E-state index < -0.39 is 11.9 Å². The number of carbonyl (C=O) groups excluding carboxylic acids is 2. The lowest BCUT2D eigenvalue weighted by Gasteiger charge is -2.02. The monoisotopic (exact) mass is 170 g/mol. The van der Waals surface area contributed by atoms with Crippen molar-refractivity contribution in [3.8, 4) is 0 Å². The van der Waals surface area contributed by atoms with Crippen molar-refractivity contribution in [2.75, 3.05) is 0 Å². The first-order valence-electron chi connectivity index (χ1n) is 3.28. The first kappa shape index (κ1) is 10.4. The molecule has 4 nitrogen and oxygen atoms in total. The van der Waals surface area contributed by atoms with Gasteiger partial charge in [0.15, 0.2) is 0 Å². The zero-order valence-corrected chi connectivity index (χ0v) is 6.99. The van der Waals surface area contributed by atoms with E-state index in [1.54, 1.807) is 6.92 Å². The summed E-state index contributed by atoms with van der Waals surface area (Å²) in [6, 6.07) is 0. The lowest BCUT2D eigenvalue weighted by molar-refractivity contribution is -0.147. The maximum Gasteiger partial charge on any atom is 0.378 e. The van der Waals surface area contributed by atoms with E-state index >= 15 is 0 Å². The Kier molecular flexibility index (Phi) is 4.45. The molecule has 0 amide bonds.